The first-order valence-corrected chi connectivity index (χ1v) is 27.7. The van der Waals surface area contributed by atoms with Crippen molar-refractivity contribution in [2.24, 2.45) is 11.3 Å². The first-order valence-electron chi connectivity index (χ1n) is 26.4. The van der Waals surface area contributed by atoms with Crippen LogP contribution >= 0.6 is 24.2 Å². The van der Waals surface area contributed by atoms with Crippen LogP contribution in [0.4, 0.5) is 10.5 Å². The Balaban J connectivity index is 1.11. The molecule has 4 saturated heterocycles. The molecule has 6 bridgehead atoms. The molecule has 1 aromatic carbocycles. The van der Waals surface area contributed by atoms with Gasteiger partial charge in [0.25, 0.3) is 11.8 Å². The maximum atomic E-state index is 15.0. The lowest BCUT2D eigenvalue weighted by molar-refractivity contribution is -0.156. The fraction of sp³-hybridized carbons (Fsp3) is 0.630. The van der Waals surface area contributed by atoms with Crippen LogP contribution in [-0.4, -0.2) is 178 Å². The molecule has 4 fully saturated rings. The molecule has 19 heteroatoms. The number of ether oxygens (including phenoxy) is 2. The van der Waals surface area contributed by atoms with E-state index < -0.39 is 41.3 Å². The Morgan fingerprint density at radius 1 is 1.00 bits per heavy atom. The Bertz CT molecular complexity index is 2690. The molecule has 1 spiro atoms. The number of amides is 4. The van der Waals surface area contributed by atoms with Gasteiger partial charge in [0, 0.05) is 118 Å². The number of fused-ring (bicyclic) bond motifs is 6. The number of pyridine rings is 1. The number of likely N-dealkylation sites (tertiary alicyclic amines) is 2. The molecule has 0 saturated carbocycles. The van der Waals surface area contributed by atoms with Gasteiger partial charge in [-0.15, -0.1) is 11.3 Å². The van der Waals surface area contributed by atoms with Crippen molar-refractivity contribution < 1.29 is 28.7 Å². The number of thiol groups is 1. The summed E-state index contributed by atoms with van der Waals surface area (Å²) >= 11 is 6.31. The van der Waals surface area contributed by atoms with E-state index in [0.29, 0.717) is 43.9 Å². The molecule has 4 amide bonds. The highest BCUT2D eigenvalue weighted by Crippen LogP contribution is 2.44. The van der Waals surface area contributed by atoms with Crippen LogP contribution in [0.5, 0.6) is 0 Å². The van der Waals surface area contributed by atoms with E-state index in [4.69, 9.17) is 32.3 Å². The smallest absolute Gasteiger partial charge is 0.324 e. The van der Waals surface area contributed by atoms with E-state index in [1.807, 2.05) is 37.2 Å². The average molecular weight is 1040 g/mol. The Morgan fingerprint density at radius 3 is 2.38 bits per heavy atom. The van der Waals surface area contributed by atoms with Crippen molar-refractivity contribution in [3.05, 3.63) is 52.1 Å². The van der Waals surface area contributed by atoms with Crippen molar-refractivity contribution >= 4 is 64.6 Å². The number of piperazine rings is 1. The molecule has 0 aliphatic carbocycles. The standard InChI is InChI=1S/C54H77N11O6S2/c1-11-62-43-15-14-36-27-38(43)40(48(62)39-28-37(31-55-46(39)35(4)70-10)61-25-23-59(8)24-26-61)30-53(5,6)33-71-51(68)41-13-12-19-64(57-41)49(66)44(29-45-56-42(36)32-73-45)65(72)50(67)47(34(2)3)60(9)52(69)63-22-18-54(63)16-20-58(7)21-17-54/h14-15,27-28,31-32,34-35,41,44,47,57,72H,11-13,16-26,29-30,33H2,1-10H3/t35-,41-,44-,47-/m0/s1. The number of nitrogens with one attached hydrogen (secondary N) is 1. The van der Waals surface area contributed by atoms with Gasteiger partial charge >= 0.3 is 12.0 Å². The topological polar surface area (TPSA) is 152 Å². The van der Waals surface area contributed by atoms with Crippen molar-refractivity contribution in [3.63, 3.8) is 0 Å². The Kier molecular flexibility index (Phi) is 15.6. The van der Waals surface area contributed by atoms with Crippen LogP contribution in [0.15, 0.2) is 35.8 Å². The van der Waals surface area contributed by atoms with Gasteiger partial charge in [0.1, 0.15) is 18.1 Å². The van der Waals surface area contributed by atoms with E-state index >= 15 is 0 Å². The lowest BCUT2D eigenvalue weighted by atomic mass is 9.76. The summed E-state index contributed by atoms with van der Waals surface area (Å²) in [5.41, 5.74) is 10.3. The number of benzene rings is 1. The van der Waals surface area contributed by atoms with Crippen molar-refractivity contribution in [1.29, 1.82) is 0 Å². The van der Waals surface area contributed by atoms with Crippen molar-refractivity contribution in [1.82, 2.24) is 48.9 Å². The molecule has 5 aliphatic rings. The zero-order chi connectivity index (χ0) is 52.1. The monoisotopic (exact) mass is 1040 g/mol. The summed E-state index contributed by atoms with van der Waals surface area (Å²) in [6, 6.07) is 5.77. The SMILES string of the molecule is CCn1c(-c2cc(N3CCN(C)CC3)cnc2[C@H](C)OC)c2c3cc(ccc31)-c1csc(n1)C[C@H](N(S)C(=O)[C@H](C(C)C)N(C)C(=O)N1CCC13CCN(C)CC3)C(=O)N1CCC[C@H](N1)C(=O)OCC(C)(C)C2. The molecule has 17 nitrogen and oxygen atoms in total. The van der Waals surface area contributed by atoms with Crippen LogP contribution in [-0.2, 0) is 43.2 Å². The van der Waals surface area contributed by atoms with E-state index in [9.17, 15) is 19.2 Å². The predicted octanol–water partition coefficient (Wildman–Crippen LogP) is 6.76. The molecule has 1 N–H and O–H groups in total. The quantitative estimate of drug-likeness (QED) is 0.135. The number of thiazole rings is 1. The molecule has 4 atom stereocenters. The van der Waals surface area contributed by atoms with Crippen LogP contribution in [0.3, 0.4) is 0 Å². The van der Waals surface area contributed by atoms with E-state index in [2.05, 4.69) is 83.8 Å². The van der Waals surface area contributed by atoms with Crippen molar-refractivity contribution in [3.8, 4) is 22.5 Å². The van der Waals surface area contributed by atoms with Gasteiger partial charge in [-0.2, -0.15) is 0 Å². The van der Waals surface area contributed by atoms with Crippen LogP contribution in [0.1, 0.15) is 96.0 Å². The summed E-state index contributed by atoms with van der Waals surface area (Å²) in [6.45, 7) is 19.6. The number of cyclic esters (lactones) is 1. The first kappa shape index (κ1) is 53.1. The minimum Gasteiger partial charge on any atom is -0.464 e. The van der Waals surface area contributed by atoms with E-state index in [0.717, 1.165) is 109 Å². The highest BCUT2D eigenvalue weighted by atomic mass is 32.1. The number of urea groups is 1. The minimum atomic E-state index is -1.13. The number of methoxy groups -OCH3 is 1. The molecular formula is C54H77N11O6S2. The number of hydrogen-bond acceptors (Lipinski definition) is 14. The van der Waals surface area contributed by atoms with E-state index in [1.54, 1.807) is 19.1 Å². The van der Waals surface area contributed by atoms with Crippen LogP contribution in [0.25, 0.3) is 33.4 Å². The number of hydrazine groups is 1. The number of nitrogens with zero attached hydrogens (tertiary/aromatic N) is 10. The maximum Gasteiger partial charge on any atom is 0.324 e. The fourth-order valence-electron chi connectivity index (χ4n) is 11.8. The van der Waals surface area contributed by atoms with Gasteiger partial charge in [0.2, 0.25) is 0 Å². The number of carbonyl (C=O) groups is 4. The Labute approximate surface area is 441 Å². The average Bonchev–Trinajstić information content (AvgIpc) is 3.97. The van der Waals surface area contributed by atoms with Gasteiger partial charge in [-0.25, -0.2) is 15.2 Å². The largest absolute Gasteiger partial charge is 0.464 e. The second-order valence-electron chi connectivity index (χ2n) is 22.4. The Morgan fingerprint density at radius 2 is 1.71 bits per heavy atom. The van der Waals surface area contributed by atoms with Gasteiger partial charge < -0.3 is 38.5 Å². The number of likely N-dealkylation sites (N-methyl/N-ethyl adjacent to an activating group) is 2. The third-order valence-corrected chi connectivity index (χ3v) is 17.7. The summed E-state index contributed by atoms with van der Waals surface area (Å²) in [4.78, 5) is 79.4. The maximum absolute atomic E-state index is 15.0. The summed E-state index contributed by atoms with van der Waals surface area (Å²) < 4.78 is 15.8. The first-order chi connectivity index (χ1) is 34.8. The van der Waals surface area contributed by atoms with Crippen molar-refractivity contribution in [2.75, 3.05) is 92.1 Å². The highest BCUT2D eigenvalue weighted by Gasteiger charge is 2.51. The molecule has 396 valence electrons. The van der Waals surface area contributed by atoms with Gasteiger partial charge in [-0.05, 0) is 96.1 Å². The fourth-order valence-corrected chi connectivity index (χ4v) is 12.9. The van der Waals surface area contributed by atoms with Crippen LogP contribution in [0.2, 0.25) is 0 Å². The lowest BCUT2D eigenvalue weighted by Gasteiger charge is -2.57. The van der Waals surface area contributed by atoms with Gasteiger partial charge in [0.05, 0.1) is 46.7 Å². The zero-order valence-electron chi connectivity index (χ0n) is 44.6. The number of esters is 1. The molecule has 5 aliphatic heterocycles. The molecule has 4 aromatic rings. The summed E-state index contributed by atoms with van der Waals surface area (Å²) in [5.74, 6) is -1.62. The number of rotatable bonds is 9. The molecular weight excluding hydrogens is 963 g/mol. The number of aryl methyl sites for hydroxylation is 1. The normalized spacial score (nSPS) is 22.8. The van der Waals surface area contributed by atoms with Crippen LogP contribution < -0.4 is 10.3 Å². The molecule has 0 radical (unpaired) electrons. The molecule has 8 heterocycles. The third-order valence-electron chi connectivity index (χ3n) is 16.4. The predicted molar refractivity (Wildman–Crippen MR) is 289 cm³/mol. The second kappa shape index (κ2) is 21.4. The van der Waals surface area contributed by atoms with Gasteiger partial charge in [-0.3, -0.25) is 28.7 Å². The summed E-state index contributed by atoms with van der Waals surface area (Å²) in [7, 11) is 7.68. The van der Waals surface area contributed by atoms with Gasteiger partial charge in [-0.1, -0.05) is 46.6 Å². The number of hydrogen-bond donors (Lipinski definition) is 2. The second-order valence-corrected chi connectivity index (χ2v) is 23.8. The van der Waals surface area contributed by atoms with Crippen LogP contribution in [0, 0.1) is 11.3 Å². The molecule has 3 aromatic heterocycles. The Hall–Kier alpha value is -4.79. The number of carbonyl (C=O) groups excluding carboxylic acids is 4. The molecule has 9 rings (SSSR count). The summed E-state index contributed by atoms with van der Waals surface area (Å²) in [5, 5.41) is 5.17. The molecule has 0 unspecified atom stereocenters. The third kappa shape index (κ3) is 10.5. The zero-order valence-corrected chi connectivity index (χ0v) is 46.4. The lowest BCUT2D eigenvalue weighted by Crippen LogP contribution is -2.69. The summed E-state index contributed by atoms with van der Waals surface area (Å²) in [6.07, 6.45) is 6.08. The van der Waals surface area contributed by atoms with Crippen molar-refractivity contribution in [2.45, 2.75) is 123 Å². The minimum absolute atomic E-state index is 0.0619. The number of piperidine rings is 1. The molecule has 73 heavy (non-hydrogen) atoms. The number of aromatic nitrogens is 3. The van der Waals surface area contributed by atoms with Gasteiger partial charge in [0.15, 0.2) is 0 Å². The highest BCUT2D eigenvalue weighted by molar-refractivity contribution is 7.78. The van der Waals surface area contributed by atoms with E-state index in [1.165, 1.54) is 20.7 Å². The van der Waals surface area contributed by atoms with E-state index in [-0.39, 0.29) is 36.6 Å². The number of anilines is 1.